The van der Waals surface area contributed by atoms with Crippen molar-refractivity contribution in [2.24, 2.45) is 0 Å². The zero-order valence-corrected chi connectivity index (χ0v) is 10.4. The normalized spacial score (nSPS) is 19.8. The predicted molar refractivity (Wildman–Crippen MR) is 65.7 cm³/mol. The lowest BCUT2D eigenvalue weighted by Gasteiger charge is -2.18. The van der Waals surface area contributed by atoms with E-state index in [1.165, 1.54) is 22.6 Å². The molecule has 0 radical (unpaired) electrons. The van der Waals surface area contributed by atoms with E-state index in [1.807, 2.05) is 0 Å². The zero-order chi connectivity index (χ0) is 11.1. The molecule has 0 saturated heterocycles. The maximum atomic E-state index is 4.65. The monoisotopic (exact) mass is 233 g/mol. The molecule has 2 aromatic rings. The lowest BCUT2D eigenvalue weighted by atomic mass is 10.1. The second-order valence-electron chi connectivity index (χ2n) is 4.45. The molecule has 1 aliphatic heterocycles. The quantitative estimate of drug-likeness (QED) is 0.757. The topological polar surface area (TPSA) is 30.7 Å². The molecule has 0 amide bonds. The second kappa shape index (κ2) is 3.70. The summed E-state index contributed by atoms with van der Waals surface area (Å²) in [4.78, 5) is 7.15. The molecule has 2 aromatic heterocycles. The molecule has 0 aromatic carbocycles. The Kier molecular flexibility index (Phi) is 2.32. The van der Waals surface area contributed by atoms with Crippen LogP contribution in [0.5, 0.6) is 0 Å². The van der Waals surface area contributed by atoms with E-state index >= 15 is 0 Å². The number of fused-ring (bicyclic) bond motifs is 1. The molecule has 0 spiro atoms. The van der Waals surface area contributed by atoms with Gasteiger partial charge in [-0.25, -0.2) is 9.67 Å². The van der Waals surface area contributed by atoms with Crippen molar-refractivity contribution in [2.75, 3.05) is 0 Å². The summed E-state index contributed by atoms with van der Waals surface area (Å²) in [7, 11) is 0. The number of thiophene rings is 1. The Morgan fingerprint density at radius 2 is 2.31 bits per heavy atom. The van der Waals surface area contributed by atoms with Crippen LogP contribution in [0.1, 0.15) is 36.5 Å². The van der Waals surface area contributed by atoms with Crippen molar-refractivity contribution in [3.8, 4) is 10.7 Å². The number of hydrogen-bond donors (Lipinski definition) is 0. The van der Waals surface area contributed by atoms with E-state index in [9.17, 15) is 0 Å². The van der Waals surface area contributed by atoms with Crippen LogP contribution in [0.3, 0.4) is 0 Å². The van der Waals surface area contributed by atoms with E-state index < -0.39 is 0 Å². The van der Waals surface area contributed by atoms with E-state index in [0.717, 1.165) is 18.1 Å². The fraction of sp³-hybridized carbons (Fsp3) is 0.500. The van der Waals surface area contributed by atoms with Gasteiger partial charge in [0.25, 0.3) is 0 Å². The molecular formula is C12H15N3S. The molecule has 4 heteroatoms. The van der Waals surface area contributed by atoms with Gasteiger partial charge in [-0.3, -0.25) is 0 Å². The van der Waals surface area contributed by atoms with Crippen molar-refractivity contribution >= 4 is 11.3 Å². The van der Waals surface area contributed by atoms with Crippen LogP contribution in [0.2, 0.25) is 0 Å². The van der Waals surface area contributed by atoms with Crippen LogP contribution in [0, 0.1) is 6.92 Å². The Labute approximate surface area is 99.1 Å². The fourth-order valence-electron chi connectivity index (χ4n) is 2.22. The average molecular weight is 233 g/mol. The molecule has 84 valence electrons. The van der Waals surface area contributed by atoms with Gasteiger partial charge in [-0.15, -0.1) is 16.4 Å². The first-order chi connectivity index (χ1) is 7.74. The van der Waals surface area contributed by atoms with E-state index in [-0.39, 0.29) is 0 Å². The molecule has 1 unspecified atom stereocenters. The van der Waals surface area contributed by atoms with Gasteiger partial charge in [0.05, 0.1) is 10.9 Å². The van der Waals surface area contributed by atoms with Crippen LogP contribution in [0.15, 0.2) is 12.1 Å². The molecule has 3 nitrogen and oxygen atoms in total. The standard InChI is InChI=1S/C12H15N3S/c1-8-4-3-5-11-13-12(14-15(8)11)10-7-6-9(2)16-10/h6-8H,3-5H2,1-2H3. The molecule has 0 N–H and O–H groups in total. The van der Waals surface area contributed by atoms with Gasteiger partial charge in [0.15, 0.2) is 5.82 Å². The maximum Gasteiger partial charge on any atom is 0.191 e. The van der Waals surface area contributed by atoms with Gasteiger partial charge >= 0.3 is 0 Å². The van der Waals surface area contributed by atoms with Crippen LogP contribution in [0.4, 0.5) is 0 Å². The van der Waals surface area contributed by atoms with Gasteiger partial charge in [-0.2, -0.15) is 0 Å². The number of aromatic nitrogens is 3. The second-order valence-corrected chi connectivity index (χ2v) is 5.74. The lowest BCUT2D eigenvalue weighted by Crippen LogP contribution is -2.16. The summed E-state index contributed by atoms with van der Waals surface area (Å²) in [6, 6.07) is 4.75. The summed E-state index contributed by atoms with van der Waals surface area (Å²) in [6.07, 6.45) is 3.53. The van der Waals surface area contributed by atoms with Crippen LogP contribution < -0.4 is 0 Å². The Morgan fingerprint density at radius 1 is 1.44 bits per heavy atom. The van der Waals surface area contributed by atoms with Gasteiger partial charge in [0.2, 0.25) is 0 Å². The molecule has 0 bridgehead atoms. The van der Waals surface area contributed by atoms with Gasteiger partial charge in [-0.05, 0) is 38.8 Å². The SMILES string of the molecule is Cc1ccc(-c2nc3n(n2)C(C)CCC3)s1. The molecule has 1 aliphatic rings. The summed E-state index contributed by atoms with van der Waals surface area (Å²) in [5, 5.41) is 4.63. The maximum absolute atomic E-state index is 4.65. The van der Waals surface area contributed by atoms with Crippen molar-refractivity contribution in [1.82, 2.24) is 14.8 Å². The first kappa shape index (κ1) is 10.0. The van der Waals surface area contributed by atoms with Gasteiger partial charge in [0.1, 0.15) is 5.82 Å². The molecule has 16 heavy (non-hydrogen) atoms. The van der Waals surface area contributed by atoms with Gasteiger partial charge in [-0.1, -0.05) is 0 Å². The highest BCUT2D eigenvalue weighted by atomic mass is 32.1. The van der Waals surface area contributed by atoms with Crippen molar-refractivity contribution in [3.05, 3.63) is 22.8 Å². The highest BCUT2D eigenvalue weighted by Crippen LogP contribution is 2.29. The van der Waals surface area contributed by atoms with Gasteiger partial charge < -0.3 is 0 Å². The van der Waals surface area contributed by atoms with E-state index in [2.05, 4.69) is 40.7 Å². The Balaban J connectivity index is 2.04. The Hall–Kier alpha value is -1.16. The molecule has 3 rings (SSSR count). The summed E-state index contributed by atoms with van der Waals surface area (Å²) in [5.41, 5.74) is 0. The van der Waals surface area contributed by atoms with E-state index in [4.69, 9.17) is 0 Å². The first-order valence-corrected chi connectivity index (χ1v) is 6.58. The predicted octanol–water partition coefficient (Wildman–Crippen LogP) is 3.21. The summed E-state index contributed by atoms with van der Waals surface area (Å²) < 4.78 is 2.11. The van der Waals surface area contributed by atoms with Crippen molar-refractivity contribution < 1.29 is 0 Å². The largest absolute Gasteiger partial charge is 0.247 e. The Bertz CT molecular complexity index is 512. The highest BCUT2D eigenvalue weighted by molar-refractivity contribution is 7.15. The minimum atomic E-state index is 0.506. The zero-order valence-electron chi connectivity index (χ0n) is 9.60. The summed E-state index contributed by atoms with van der Waals surface area (Å²) in [6.45, 7) is 4.34. The molecule has 0 saturated carbocycles. The smallest absolute Gasteiger partial charge is 0.191 e. The van der Waals surface area contributed by atoms with Crippen LogP contribution >= 0.6 is 11.3 Å². The average Bonchev–Trinajstić information content (AvgIpc) is 2.84. The third-order valence-corrected chi connectivity index (χ3v) is 4.10. The van der Waals surface area contributed by atoms with E-state index in [0.29, 0.717) is 6.04 Å². The van der Waals surface area contributed by atoms with Crippen molar-refractivity contribution in [2.45, 2.75) is 39.2 Å². The molecule has 3 heterocycles. The number of hydrogen-bond acceptors (Lipinski definition) is 3. The number of nitrogens with zero attached hydrogens (tertiary/aromatic N) is 3. The lowest BCUT2D eigenvalue weighted by molar-refractivity contribution is 0.389. The minimum absolute atomic E-state index is 0.506. The fourth-order valence-corrected chi connectivity index (χ4v) is 3.01. The van der Waals surface area contributed by atoms with Gasteiger partial charge in [0, 0.05) is 11.3 Å². The number of rotatable bonds is 1. The number of aryl methyl sites for hydroxylation is 2. The Morgan fingerprint density at radius 3 is 3.00 bits per heavy atom. The first-order valence-electron chi connectivity index (χ1n) is 5.76. The molecular weight excluding hydrogens is 218 g/mol. The molecule has 0 aliphatic carbocycles. The third kappa shape index (κ3) is 1.57. The van der Waals surface area contributed by atoms with Crippen LogP contribution in [-0.2, 0) is 6.42 Å². The van der Waals surface area contributed by atoms with Crippen LogP contribution in [0.25, 0.3) is 10.7 Å². The van der Waals surface area contributed by atoms with Crippen molar-refractivity contribution in [1.29, 1.82) is 0 Å². The third-order valence-electron chi connectivity index (χ3n) is 3.10. The molecule has 1 atom stereocenters. The summed E-state index contributed by atoms with van der Waals surface area (Å²) >= 11 is 1.77. The molecule has 0 fully saturated rings. The summed E-state index contributed by atoms with van der Waals surface area (Å²) in [5.74, 6) is 2.06. The van der Waals surface area contributed by atoms with Crippen molar-refractivity contribution in [3.63, 3.8) is 0 Å². The van der Waals surface area contributed by atoms with Crippen LogP contribution in [-0.4, -0.2) is 14.8 Å². The minimum Gasteiger partial charge on any atom is -0.247 e. The van der Waals surface area contributed by atoms with E-state index in [1.54, 1.807) is 11.3 Å². The highest BCUT2D eigenvalue weighted by Gasteiger charge is 2.20.